The lowest BCUT2D eigenvalue weighted by atomic mass is 10.1. The molecule has 11 nitrogen and oxygen atoms in total. The number of hydrogen-bond acceptors (Lipinski definition) is 8. The molecule has 0 saturated carbocycles. The fourth-order valence-electron chi connectivity index (χ4n) is 4.45. The normalized spacial score (nSPS) is 16.8. The lowest BCUT2D eigenvalue weighted by Gasteiger charge is -2.25. The number of nitrogens with zero attached hydrogens (tertiary/aromatic N) is 1. The minimum absolute atomic E-state index is 0.238. The van der Waals surface area contributed by atoms with E-state index in [0.717, 1.165) is 16.2 Å². The van der Waals surface area contributed by atoms with Crippen LogP contribution in [0.25, 0.3) is 0 Å². The molecular formula is C29H28F2N4O7S. The van der Waals surface area contributed by atoms with Gasteiger partial charge >= 0.3 is 6.61 Å². The Morgan fingerprint density at radius 1 is 1.07 bits per heavy atom. The predicted molar refractivity (Wildman–Crippen MR) is 151 cm³/mol. The summed E-state index contributed by atoms with van der Waals surface area (Å²) >= 11 is 1.07. The quantitative estimate of drug-likeness (QED) is 0.266. The third kappa shape index (κ3) is 8.20. The van der Waals surface area contributed by atoms with Crippen LogP contribution in [-0.4, -0.2) is 73.7 Å². The number of amides is 4. The van der Waals surface area contributed by atoms with E-state index in [1.807, 2.05) is 18.2 Å². The minimum Gasteiger partial charge on any atom is -0.457 e. The average Bonchev–Trinajstić information content (AvgIpc) is 3.66. The van der Waals surface area contributed by atoms with Gasteiger partial charge in [0.25, 0.3) is 5.91 Å². The first-order valence-electron chi connectivity index (χ1n) is 13.1. The number of ether oxygens (including phenoxy) is 2. The highest BCUT2D eigenvalue weighted by molar-refractivity contribution is 7.10. The number of nitrogens with one attached hydrogen (secondary N) is 3. The summed E-state index contributed by atoms with van der Waals surface area (Å²) in [7, 11) is 1.36. The minimum atomic E-state index is -3.14. The van der Waals surface area contributed by atoms with E-state index < -0.39 is 55.0 Å². The third-order valence-electron chi connectivity index (χ3n) is 6.53. The summed E-state index contributed by atoms with van der Waals surface area (Å²) < 4.78 is 36.2. The van der Waals surface area contributed by atoms with E-state index in [1.165, 1.54) is 30.6 Å². The summed E-state index contributed by atoms with van der Waals surface area (Å²) in [6.45, 7) is -4.00. The topological polar surface area (TPSA) is 143 Å². The molecule has 1 fully saturated rings. The van der Waals surface area contributed by atoms with Gasteiger partial charge in [0.05, 0.1) is 12.6 Å². The molecule has 14 heteroatoms. The van der Waals surface area contributed by atoms with Gasteiger partial charge < -0.3 is 30.3 Å². The fraction of sp³-hybridized carbons (Fsp3) is 0.276. The maximum Gasteiger partial charge on any atom is 0.345 e. The van der Waals surface area contributed by atoms with Gasteiger partial charge in [-0.2, -0.15) is 8.78 Å². The van der Waals surface area contributed by atoms with Crippen LogP contribution in [0.1, 0.15) is 38.1 Å². The zero-order chi connectivity index (χ0) is 30.9. The Hall–Kier alpha value is -4.69. The van der Waals surface area contributed by atoms with Gasteiger partial charge in [0, 0.05) is 41.4 Å². The molecule has 4 amide bonds. The van der Waals surface area contributed by atoms with Crippen LogP contribution < -0.4 is 20.7 Å². The Morgan fingerprint density at radius 3 is 2.40 bits per heavy atom. The van der Waals surface area contributed by atoms with E-state index in [0.29, 0.717) is 28.2 Å². The summed E-state index contributed by atoms with van der Waals surface area (Å²) in [5, 5.41) is 8.95. The molecule has 1 unspecified atom stereocenters. The van der Waals surface area contributed by atoms with E-state index in [4.69, 9.17) is 4.74 Å². The third-order valence-corrected chi connectivity index (χ3v) is 7.55. The smallest absolute Gasteiger partial charge is 0.345 e. The molecule has 0 spiro atoms. The van der Waals surface area contributed by atoms with Crippen molar-refractivity contribution in [1.82, 2.24) is 20.9 Å². The van der Waals surface area contributed by atoms with Crippen molar-refractivity contribution in [2.24, 2.45) is 0 Å². The first-order valence-corrected chi connectivity index (χ1v) is 14.0. The molecule has 1 saturated heterocycles. The number of likely N-dealkylation sites (N-methyl/N-ethyl adjacent to an activating group) is 1. The number of rotatable bonds is 12. The molecule has 226 valence electrons. The number of hydrogen-bond donors (Lipinski definition) is 3. The van der Waals surface area contributed by atoms with Crippen molar-refractivity contribution >= 4 is 41.3 Å². The van der Waals surface area contributed by atoms with Gasteiger partial charge in [-0.05, 0) is 42.5 Å². The first-order chi connectivity index (χ1) is 20.7. The Labute approximate surface area is 249 Å². The van der Waals surface area contributed by atoms with Crippen molar-refractivity contribution in [3.63, 3.8) is 0 Å². The van der Waals surface area contributed by atoms with Crippen LogP contribution in [0.3, 0.4) is 0 Å². The fourth-order valence-corrected chi connectivity index (χ4v) is 5.36. The second kappa shape index (κ2) is 14.5. The molecule has 0 bridgehead atoms. The van der Waals surface area contributed by atoms with Gasteiger partial charge in [-0.25, -0.2) is 0 Å². The van der Waals surface area contributed by atoms with Gasteiger partial charge in [-0.15, -0.1) is 11.3 Å². The van der Waals surface area contributed by atoms with Crippen molar-refractivity contribution in [2.75, 3.05) is 20.1 Å². The maximum absolute atomic E-state index is 13.3. The number of likely N-dealkylation sites (tertiary alicyclic amines) is 1. The molecule has 1 aromatic heterocycles. The summed E-state index contributed by atoms with van der Waals surface area (Å²) in [5.41, 5.74) is 0.544. The lowest BCUT2D eigenvalue weighted by Crippen LogP contribution is -2.51. The number of aldehydes is 1. The van der Waals surface area contributed by atoms with Crippen molar-refractivity contribution in [1.29, 1.82) is 0 Å². The van der Waals surface area contributed by atoms with Gasteiger partial charge in [0.2, 0.25) is 17.7 Å². The SMILES string of the molecule is CNC(=O)C(NC(=O)[C@@H]1C[C@@H](OC(F)F)CN1C(=O)CNC(=O)c1ccc(Oc2ccccc2)cc1)c1cc(C=O)cs1. The number of carbonyl (C=O) groups excluding carboxylic acids is 5. The van der Waals surface area contributed by atoms with Crippen LogP contribution in [0.2, 0.25) is 0 Å². The highest BCUT2D eigenvalue weighted by atomic mass is 32.1. The Kier molecular flexibility index (Phi) is 10.5. The second-order valence-corrected chi connectivity index (χ2v) is 10.3. The monoisotopic (exact) mass is 614 g/mol. The molecule has 0 radical (unpaired) electrons. The standard InChI is InChI=1S/C29H28F2N4O7S/c1-32-28(40)25(23-11-17(15-36)16-43-23)34-27(39)22-12-21(42-29(30)31)14-35(22)24(37)13-33-26(38)18-7-9-20(10-8-18)41-19-5-3-2-4-6-19/h2-11,15-16,21-22,25,29H,12-14H2,1H3,(H,32,40)(H,33,38)(H,34,39)/t21-,22+,25?/m1/s1. The van der Waals surface area contributed by atoms with E-state index in [-0.39, 0.29) is 18.5 Å². The predicted octanol–water partition coefficient (Wildman–Crippen LogP) is 2.89. The molecule has 3 atom stereocenters. The summed E-state index contributed by atoms with van der Waals surface area (Å²) in [6.07, 6.45) is -0.828. The van der Waals surface area contributed by atoms with Crippen LogP contribution in [0, 0.1) is 0 Å². The van der Waals surface area contributed by atoms with E-state index in [2.05, 4.69) is 20.7 Å². The van der Waals surface area contributed by atoms with Gasteiger partial charge in [-0.1, -0.05) is 18.2 Å². The molecule has 1 aliphatic heterocycles. The number of benzene rings is 2. The van der Waals surface area contributed by atoms with Gasteiger partial charge in [-0.3, -0.25) is 24.0 Å². The number of thiophene rings is 1. The first kappa shape index (κ1) is 31.3. The van der Waals surface area contributed by atoms with Crippen molar-refractivity contribution < 1.29 is 42.2 Å². The zero-order valence-electron chi connectivity index (χ0n) is 22.8. The van der Waals surface area contributed by atoms with E-state index in [1.54, 1.807) is 24.3 Å². The average molecular weight is 615 g/mol. The van der Waals surface area contributed by atoms with E-state index in [9.17, 15) is 32.8 Å². The van der Waals surface area contributed by atoms with Crippen molar-refractivity contribution in [3.05, 3.63) is 82.0 Å². The summed E-state index contributed by atoms with van der Waals surface area (Å²) in [6, 6.07) is 14.2. The molecule has 0 aliphatic carbocycles. The number of halogens is 2. The summed E-state index contributed by atoms with van der Waals surface area (Å²) in [4.78, 5) is 64.2. The number of alkyl halides is 2. The Morgan fingerprint density at radius 2 is 1.77 bits per heavy atom. The van der Waals surface area contributed by atoms with Crippen LogP contribution in [-0.2, 0) is 19.1 Å². The van der Waals surface area contributed by atoms with Gasteiger partial charge in [0.15, 0.2) is 6.29 Å². The largest absolute Gasteiger partial charge is 0.457 e. The molecule has 43 heavy (non-hydrogen) atoms. The molecule has 1 aliphatic rings. The number of carbonyl (C=O) groups is 5. The lowest BCUT2D eigenvalue weighted by molar-refractivity contribution is -0.160. The second-order valence-electron chi connectivity index (χ2n) is 9.39. The van der Waals surface area contributed by atoms with Crippen LogP contribution >= 0.6 is 11.3 Å². The molecule has 3 aromatic rings. The Balaban J connectivity index is 1.41. The molecule has 4 rings (SSSR count). The molecular weight excluding hydrogens is 586 g/mol. The van der Waals surface area contributed by atoms with Crippen molar-refractivity contribution in [3.8, 4) is 11.5 Å². The highest BCUT2D eigenvalue weighted by Gasteiger charge is 2.42. The molecule has 2 aromatic carbocycles. The zero-order valence-corrected chi connectivity index (χ0v) is 23.6. The van der Waals surface area contributed by atoms with E-state index >= 15 is 0 Å². The molecule has 3 N–H and O–H groups in total. The van der Waals surface area contributed by atoms with Crippen LogP contribution in [0.5, 0.6) is 11.5 Å². The van der Waals surface area contributed by atoms with Gasteiger partial charge in [0.1, 0.15) is 23.6 Å². The number of para-hydroxylation sites is 1. The summed E-state index contributed by atoms with van der Waals surface area (Å²) in [5.74, 6) is -1.56. The maximum atomic E-state index is 13.3. The van der Waals surface area contributed by atoms with Crippen LogP contribution in [0.4, 0.5) is 8.78 Å². The van der Waals surface area contributed by atoms with Crippen LogP contribution in [0.15, 0.2) is 66.0 Å². The van der Waals surface area contributed by atoms with Crippen molar-refractivity contribution in [2.45, 2.75) is 31.2 Å². The Bertz CT molecular complexity index is 1450. The highest BCUT2D eigenvalue weighted by Crippen LogP contribution is 2.26. The molecule has 2 heterocycles.